The topological polar surface area (TPSA) is 76.8 Å². The smallest absolute Gasteiger partial charge is 0.247 e. The molecule has 2 aliphatic heterocycles. The summed E-state index contributed by atoms with van der Waals surface area (Å²) in [6.07, 6.45) is 0.641. The largest absolute Gasteiger partial charge is 0.277 e. The van der Waals surface area contributed by atoms with E-state index in [1.54, 1.807) is 23.2 Å². The van der Waals surface area contributed by atoms with Gasteiger partial charge in [0.25, 0.3) is 0 Å². The van der Waals surface area contributed by atoms with Crippen LogP contribution in [0.1, 0.15) is 35.6 Å². The van der Waals surface area contributed by atoms with Crippen molar-refractivity contribution < 1.29 is 9.59 Å². The molecule has 0 aromatic heterocycles. The molecule has 5 rings (SSSR count). The molecule has 6 nitrogen and oxygen atoms in total. The second-order valence-electron chi connectivity index (χ2n) is 8.69. The van der Waals surface area contributed by atoms with Gasteiger partial charge in [-0.3, -0.25) is 15.0 Å². The van der Waals surface area contributed by atoms with Crippen molar-refractivity contribution in [1.29, 1.82) is 5.41 Å². The van der Waals surface area contributed by atoms with Crippen LogP contribution in [0, 0.1) is 12.3 Å². The van der Waals surface area contributed by atoms with Crippen molar-refractivity contribution in [1.82, 2.24) is 5.01 Å². The van der Waals surface area contributed by atoms with E-state index in [1.165, 1.54) is 4.90 Å². The number of nitrogens with zero attached hydrogens (tertiary/aromatic N) is 3. The maximum Gasteiger partial charge on any atom is 0.247 e. The Balaban J connectivity index is 1.40. The van der Waals surface area contributed by atoms with Crippen LogP contribution >= 0.6 is 39.3 Å². The number of hydrogen-bond acceptors (Lipinski definition) is 5. The average Bonchev–Trinajstić information content (AvgIpc) is 3.41. The molecule has 2 heterocycles. The fourth-order valence-electron chi connectivity index (χ4n) is 4.33. The summed E-state index contributed by atoms with van der Waals surface area (Å²) < 4.78 is 0.783. The van der Waals surface area contributed by atoms with Crippen molar-refractivity contribution >= 4 is 67.7 Å². The van der Waals surface area contributed by atoms with E-state index in [9.17, 15) is 9.59 Å². The highest BCUT2D eigenvalue weighted by Gasteiger charge is 2.42. The zero-order valence-electron chi connectivity index (χ0n) is 19.3. The van der Waals surface area contributed by atoms with E-state index in [0.717, 1.165) is 38.6 Å². The molecule has 1 saturated heterocycles. The lowest BCUT2D eigenvalue weighted by atomic mass is 9.98. The van der Waals surface area contributed by atoms with Crippen molar-refractivity contribution in [2.75, 3.05) is 4.90 Å². The number of imide groups is 1. The quantitative estimate of drug-likeness (QED) is 0.215. The van der Waals surface area contributed by atoms with Gasteiger partial charge >= 0.3 is 0 Å². The van der Waals surface area contributed by atoms with Gasteiger partial charge in [0.2, 0.25) is 11.8 Å². The third kappa shape index (κ3) is 4.98. The Kier molecular flexibility index (Phi) is 7.01. The second kappa shape index (κ2) is 10.2. The number of aryl methyl sites for hydroxylation is 1. The lowest BCUT2D eigenvalue weighted by Crippen LogP contribution is -2.32. The summed E-state index contributed by atoms with van der Waals surface area (Å²) in [6.45, 7) is 2.03. The number of anilines is 1. The standard InChI is InChI=1S/C27H22BrClN4O2S/c1-16-5-7-17(8-6-16)22-14-23(18-9-11-20(29)12-10-18)33(31-22)27(30)36-24-15-25(34)32(26(24)35)21-4-2-3-19(28)13-21/h2-13,23-24,30H,14-15H2,1H3/t23-,24-/m1/s1. The summed E-state index contributed by atoms with van der Waals surface area (Å²) in [5.74, 6) is -0.597. The maximum absolute atomic E-state index is 13.2. The molecule has 1 fully saturated rings. The highest BCUT2D eigenvalue weighted by atomic mass is 79.9. The third-order valence-corrected chi connectivity index (χ3v) is 7.99. The van der Waals surface area contributed by atoms with Crippen molar-refractivity contribution in [2.45, 2.75) is 31.1 Å². The first kappa shape index (κ1) is 24.7. The maximum atomic E-state index is 13.2. The molecule has 182 valence electrons. The van der Waals surface area contributed by atoms with Crippen molar-refractivity contribution in [2.24, 2.45) is 5.10 Å². The van der Waals surface area contributed by atoms with Gasteiger partial charge < -0.3 is 0 Å². The van der Waals surface area contributed by atoms with Gasteiger partial charge in [0.15, 0.2) is 5.17 Å². The van der Waals surface area contributed by atoms with Gasteiger partial charge in [-0.05, 0) is 48.4 Å². The first-order valence-electron chi connectivity index (χ1n) is 11.4. The average molecular weight is 582 g/mol. The van der Waals surface area contributed by atoms with Gasteiger partial charge in [-0.25, -0.2) is 9.91 Å². The number of hydrazone groups is 1. The van der Waals surface area contributed by atoms with Gasteiger partial charge in [0.05, 0.1) is 17.4 Å². The molecule has 2 amide bonds. The summed E-state index contributed by atoms with van der Waals surface area (Å²) >= 11 is 10.6. The molecule has 0 saturated carbocycles. The van der Waals surface area contributed by atoms with E-state index in [-0.39, 0.29) is 29.4 Å². The Morgan fingerprint density at radius 2 is 1.78 bits per heavy atom. The van der Waals surface area contributed by atoms with Gasteiger partial charge in [-0.15, -0.1) is 0 Å². The van der Waals surface area contributed by atoms with Crippen LogP contribution in [0.3, 0.4) is 0 Å². The fourth-order valence-corrected chi connectivity index (χ4v) is 5.82. The fraction of sp³-hybridized carbons (Fsp3) is 0.185. The monoisotopic (exact) mass is 580 g/mol. The van der Waals surface area contributed by atoms with Crippen LogP contribution in [0.4, 0.5) is 5.69 Å². The lowest BCUT2D eigenvalue weighted by Gasteiger charge is -2.24. The van der Waals surface area contributed by atoms with E-state index in [1.807, 2.05) is 61.5 Å². The SMILES string of the molecule is Cc1ccc(C2=NN(C(=N)S[C@@H]3CC(=O)N(c4cccc(Br)c4)C3=O)[C@@H](c3ccc(Cl)cc3)C2)cc1. The van der Waals surface area contributed by atoms with E-state index >= 15 is 0 Å². The predicted molar refractivity (Wildman–Crippen MR) is 149 cm³/mol. The number of amidine groups is 1. The Hall–Kier alpha value is -2.94. The molecule has 0 unspecified atom stereocenters. The normalized spacial score (nSPS) is 19.7. The molecule has 0 bridgehead atoms. The third-order valence-electron chi connectivity index (χ3n) is 6.18. The van der Waals surface area contributed by atoms with Crippen LogP contribution in [-0.2, 0) is 9.59 Å². The number of nitrogens with one attached hydrogen (secondary N) is 1. The summed E-state index contributed by atoms with van der Waals surface area (Å²) in [4.78, 5) is 27.1. The minimum Gasteiger partial charge on any atom is -0.277 e. The molecule has 2 atom stereocenters. The number of benzene rings is 3. The Morgan fingerprint density at radius 1 is 1.06 bits per heavy atom. The van der Waals surface area contributed by atoms with Crippen molar-refractivity contribution in [3.05, 3.63) is 99.0 Å². The minimum absolute atomic E-state index is 0.0341. The van der Waals surface area contributed by atoms with Gasteiger partial charge in [-0.2, -0.15) is 5.10 Å². The molecular weight excluding hydrogens is 560 g/mol. The first-order chi connectivity index (χ1) is 17.3. The first-order valence-corrected chi connectivity index (χ1v) is 13.4. The molecule has 3 aromatic rings. The van der Waals surface area contributed by atoms with Crippen LogP contribution in [-0.4, -0.2) is 33.0 Å². The van der Waals surface area contributed by atoms with Crippen LogP contribution in [0.2, 0.25) is 5.02 Å². The van der Waals surface area contributed by atoms with E-state index in [0.29, 0.717) is 17.1 Å². The summed E-state index contributed by atoms with van der Waals surface area (Å²) in [5.41, 5.74) is 4.51. The molecule has 0 spiro atoms. The number of hydrogen-bond donors (Lipinski definition) is 1. The minimum atomic E-state index is -0.687. The number of thioether (sulfide) groups is 1. The summed E-state index contributed by atoms with van der Waals surface area (Å²) in [5, 5.41) is 15.4. The molecular formula is C27H22BrClN4O2S. The number of carbonyl (C=O) groups excluding carboxylic acids is 2. The summed E-state index contributed by atoms with van der Waals surface area (Å²) in [6, 6.07) is 22.5. The number of amides is 2. The van der Waals surface area contributed by atoms with Crippen molar-refractivity contribution in [3.8, 4) is 0 Å². The molecule has 0 aliphatic carbocycles. The Bertz CT molecular complexity index is 1380. The Morgan fingerprint density at radius 3 is 2.47 bits per heavy atom. The van der Waals surface area contributed by atoms with Gasteiger partial charge in [0.1, 0.15) is 5.25 Å². The van der Waals surface area contributed by atoms with Crippen LogP contribution in [0.5, 0.6) is 0 Å². The molecule has 36 heavy (non-hydrogen) atoms. The molecule has 2 aliphatic rings. The molecule has 3 aromatic carbocycles. The van der Waals surface area contributed by atoms with Crippen LogP contribution in [0.25, 0.3) is 0 Å². The number of rotatable bonds is 4. The summed E-state index contributed by atoms with van der Waals surface area (Å²) in [7, 11) is 0. The van der Waals surface area contributed by atoms with E-state index < -0.39 is 5.25 Å². The highest BCUT2D eigenvalue weighted by molar-refractivity contribution is 9.10. The lowest BCUT2D eigenvalue weighted by molar-refractivity contribution is -0.121. The highest BCUT2D eigenvalue weighted by Crippen LogP contribution is 2.38. The zero-order chi connectivity index (χ0) is 25.4. The number of halogens is 2. The number of carbonyl (C=O) groups is 2. The zero-order valence-corrected chi connectivity index (χ0v) is 22.5. The van der Waals surface area contributed by atoms with Crippen molar-refractivity contribution in [3.63, 3.8) is 0 Å². The van der Waals surface area contributed by atoms with Gasteiger partial charge in [0, 0.05) is 22.3 Å². The molecule has 9 heteroatoms. The van der Waals surface area contributed by atoms with Crippen LogP contribution in [0.15, 0.2) is 82.4 Å². The predicted octanol–water partition coefficient (Wildman–Crippen LogP) is 6.56. The molecule has 1 N–H and O–H groups in total. The molecule has 0 radical (unpaired) electrons. The van der Waals surface area contributed by atoms with E-state index in [4.69, 9.17) is 22.1 Å². The van der Waals surface area contributed by atoms with Gasteiger partial charge in [-0.1, -0.05) is 87.3 Å². The van der Waals surface area contributed by atoms with E-state index in [2.05, 4.69) is 15.9 Å². The Labute approximate surface area is 227 Å². The second-order valence-corrected chi connectivity index (χ2v) is 11.2. The van der Waals surface area contributed by atoms with Crippen LogP contribution < -0.4 is 4.90 Å².